The van der Waals surface area contributed by atoms with E-state index in [2.05, 4.69) is 20.4 Å². The van der Waals surface area contributed by atoms with Crippen LogP contribution in [-0.4, -0.2) is 71.7 Å². The van der Waals surface area contributed by atoms with Crippen LogP contribution in [0.3, 0.4) is 0 Å². The Morgan fingerprint density at radius 2 is 2.23 bits per heavy atom. The summed E-state index contributed by atoms with van der Waals surface area (Å²) in [7, 11) is 3.69. The molecule has 2 aliphatic rings. The van der Waals surface area contributed by atoms with E-state index in [9.17, 15) is 0 Å². The number of hydrogen-bond acceptors (Lipinski definition) is 5. The lowest BCUT2D eigenvalue weighted by Gasteiger charge is -2.42. The predicted molar refractivity (Wildman–Crippen MR) is 111 cm³/mol. The van der Waals surface area contributed by atoms with Crippen molar-refractivity contribution >= 4 is 29.9 Å². The number of methoxy groups -OCH3 is 1. The van der Waals surface area contributed by atoms with Gasteiger partial charge in [-0.3, -0.25) is 0 Å². The minimum Gasteiger partial charge on any atom is -0.383 e. The number of aromatic nitrogens is 3. The summed E-state index contributed by atoms with van der Waals surface area (Å²) < 4.78 is 13.1. The lowest BCUT2D eigenvalue weighted by Crippen LogP contribution is -2.52. The molecule has 2 fully saturated rings. The van der Waals surface area contributed by atoms with Crippen molar-refractivity contribution in [1.82, 2.24) is 25.0 Å². The number of likely N-dealkylation sites (tertiary alicyclic amines) is 1. The SMILES string of the molecule is COCCNC(=NCc1nnc(C)n1C)N1CCC2OCCCC2C1.I. The van der Waals surface area contributed by atoms with Crippen molar-refractivity contribution in [3.05, 3.63) is 11.6 Å². The number of guanidine groups is 1. The molecule has 2 atom stereocenters. The summed E-state index contributed by atoms with van der Waals surface area (Å²) in [4.78, 5) is 7.17. The summed E-state index contributed by atoms with van der Waals surface area (Å²) in [5.74, 6) is 3.31. The maximum absolute atomic E-state index is 5.93. The molecule has 148 valence electrons. The fraction of sp³-hybridized carbons (Fsp3) is 0.824. The van der Waals surface area contributed by atoms with Crippen LogP contribution >= 0.6 is 24.0 Å². The van der Waals surface area contributed by atoms with Gasteiger partial charge in [0.2, 0.25) is 0 Å². The van der Waals surface area contributed by atoms with Crippen LogP contribution in [0, 0.1) is 12.8 Å². The summed E-state index contributed by atoms with van der Waals surface area (Å²) in [6.07, 6.45) is 3.90. The maximum atomic E-state index is 5.93. The Labute approximate surface area is 172 Å². The molecule has 8 nitrogen and oxygen atoms in total. The van der Waals surface area contributed by atoms with Gasteiger partial charge in [0.15, 0.2) is 11.8 Å². The Morgan fingerprint density at radius 3 is 2.96 bits per heavy atom. The van der Waals surface area contributed by atoms with Crippen molar-refractivity contribution < 1.29 is 9.47 Å². The van der Waals surface area contributed by atoms with Crippen LogP contribution in [0.15, 0.2) is 4.99 Å². The Balaban J connectivity index is 0.00000243. The molecule has 26 heavy (non-hydrogen) atoms. The highest BCUT2D eigenvalue weighted by molar-refractivity contribution is 14.0. The molecule has 0 bridgehead atoms. The summed E-state index contributed by atoms with van der Waals surface area (Å²) in [6, 6.07) is 0. The van der Waals surface area contributed by atoms with E-state index in [4.69, 9.17) is 14.5 Å². The van der Waals surface area contributed by atoms with E-state index in [1.54, 1.807) is 7.11 Å². The first-order chi connectivity index (χ1) is 12.2. The quantitative estimate of drug-likeness (QED) is 0.298. The van der Waals surface area contributed by atoms with Gasteiger partial charge in [-0.15, -0.1) is 34.2 Å². The fourth-order valence-electron chi connectivity index (χ4n) is 3.55. The van der Waals surface area contributed by atoms with Crippen molar-refractivity contribution in [2.75, 3.05) is 40.0 Å². The number of nitrogens with zero attached hydrogens (tertiary/aromatic N) is 5. The van der Waals surface area contributed by atoms with Gasteiger partial charge in [0.1, 0.15) is 12.4 Å². The van der Waals surface area contributed by atoms with Crippen molar-refractivity contribution in [2.45, 2.75) is 38.8 Å². The topological polar surface area (TPSA) is 76.8 Å². The molecule has 1 aromatic rings. The van der Waals surface area contributed by atoms with Crippen molar-refractivity contribution in [3.63, 3.8) is 0 Å². The van der Waals surface area contributed by atoms with Crippen molar-refractivity contribution in [2.24, 2.45) is 18.0 Å². The van der Waals surface area contributed by atoms with Gasteiger partial charge in [-0.1, -0.05) is 0 Å². The van der Waals surface area contributed by atoms with E-state index in [0.29, 0.717) is 25.2 Å². The summed E-state index contributed by atoms with van der Waals surface area (Å²) >= 11 is 0. The number of piperidine rings is 1. The van der Waals surface area contributed by atoms with Gasteiger partial charge in [-0.25, -0.2) is 4.99 Å². The smallest absolute Gasteiger partial charge is 0.194 e. The van der Waals surface area contributed by atoms with E-state index in [0.717, 1.165) is 56.7 Å². The van der Waals surface area contributed by atoms with Gasteiger partial charge >= 0.3 is 0 Å². The molecular formula is C17H31IN6O2. The van der Waals surface area contributed by atoms with Gasteiger partial charge in [-0.2, -0.15) is 0 Å². The molecule has 9 heteroatoms. The second kappa shape index (κ2) is 10.4. The average Bonchev–Trinajstić information content (AvgIpc) is 2.96. The molecule has 0 radical (unpaired) electrons. The highest BCUT2D eigenvalue weighted by atomic mass is 127. The number of fused-ring (bicyclic) bond motifs is 1. The minimum atomic E-state index is 0. The second-order valence-corrected chi connectivity index (χ2v) is 6.83. The van der Waals surface area contributed by atoms with E-state index >= 15 is 0 Å². The normalized spacial score (nSPS) is 23.3. The second-order valence-electron chi connectivity index (χ2n) is 6.83. The fourth-order valence-corrected chi connectivity index (χ4v) is 3.55. The molecule has 0 spiro atoms. The van der Waals surface area contributed by atoms with Crippen LogP contribution in [0.4, 0.5) is 0 Å². The van der Waals surface area contributed by atoms with Gasteiger partial charge < -0.3 is 24.3 Å². The molecule has 0 aromatic carbocycles. The average molecular weight is 478 g/mol. The van der Waals surface area contributed by atoms with Crippen LogP contribution in [0.1, 0.15) is 30.9 Å². The van der Waals surface area contributed by atoms with Crippen molar-refractivity contribution in [3.8, 4) is 0 Å². The summed E-state index contributed by atoms with van der Waals surface area (Å²) in [6.45, 7) is 6.76. The van der Waals surface area contributed by atoms with Gasteiger partial charge in [0.25, 0.3) is 0 Å². The highest BCUT2D eigenvalue weighted by Gasteiger charge is 2.33. The molecule has 1 N–H and O–H groups in total. The molecule has 2 aliphatic heterocycles. The van der Waals surface area contributed by atoms with E-state index in [-0.39, 0.29) is 24.0 Å². The number of aliphatic imine (C=N–C) groups is 1. The number of aryl methyl sites for hydroxylation is 1. The van der Waals surface area contributed by atoms with Crippen LogP contribution in [0.5, 0.6) is 0 Å². The lowest BCUT2D eigenvalue weighted by molar-refractivity contribution is -0.0559. The number of ether oxygens (including phenoxy) is 2. The lowest BCUT2D eigenvalue weighted by atomic mass is 9.88. The Bertz CT molecular complexity index is 594. The first kappa shape index (κ1) is 21.4. The van der Waals surface area contributed by atoms with E-state index < -0.39 is 0 Å². The molecule has 0 aliphatic carbocycles. The zero-order chi connectivity index (χ0) is 17.6. The predicted octanol–water partition coefficient (Wildman–Crippen LogP) is 1.33. The maximum Gasteiger partial charge on any atom is 0.194 e. The first-order valence-corrected chi connectivity index (χ1v) is 9.17. The van der Waals surface area contributed by atoms with Gasteiger partial charge in [0.05, 0.1) is 12.7 Å². The Kier molecular flexibility index (Phi) is 8.55. The zero-order valence-electron chi connectivity index (χ0n) is 16.0. The van der Waals surface area contributed by atoms with E-state index in [1.165, 1.54) is 6.42 Å². The largest absolute Gasteiger partial charge is 0.383 e. The number of nitrogens with one attached hydrogen (secondary N) is 1. The van der Waals surface area contributed by atoms with Crippen LogP contribution < -0.4 is 5.32 Å². The number of rotatable bonds is 5. The number of hydrogen-bond donors (Lipinski definition) is 1. The molecule has 2 saturated heterocycles. The molecule has 3 rings (SSSR count). The monoisotopic (exact) mass is 478 g/mol. The number of halogens is 1. The standard InChI is InChI=1S/C17H30N6O2.HI/c1-13-20-21-16(22(13)2)11-19-17(18-7-10-24-3)23-8-6-15-14(12-23)5-4-9-25-15;/h14-15H,4-12H2,1-3H3,(H,18,19);1H. The Hall–Kier alpha value is -0.940. The molecule has 3 heterocycles. The summed E-state index contributed by atoms with van der Waals surface area (Å²) in [5, 5.41) is 11.8. The molecule has 0 amide bonds. The highest BCUT2D eigenvalue weighted by Crippen LogP contribution is 2.28. The molecular weight excluding hydrogens is 447 g/mol. The zero-order valence-corrected chi connectivity index (χ0v) is 18.3. The van der Waals surface area contributed by atoms with E-state index in [1.807, 2.05) is 18.5 Å². The first-order valence-electron chi connectivity index (χ1n) is 9.17. The third-order valence-electron chi connectivity index (χ3n) is 5.16. The third-order valence-corrected chi connectivity index (χ3v) is 5.16. The minimum absolute atomic E-state index is 0. The Morgan fingerprint density at radius 1 is 1.38 bits per heavy atom. The van der Waals surface area contributed by atoms with Gasteiger partial charge in [-0.05, 0) is 26.2 Å². The molecule has 0 saturated carbocycles. The summed E-state index contributed by atoms with van der Waals surface area (Å²) in [5.41, 5.74) is 0. The van der Waals surface area contributed by atoms with Gasteiger partial charge in [0, 0.05) is 46.3 Å². The third kappa shape index (κ3) is 5.29. The van der Waals surface area contributed by atoms with Crippen LogP contribution in [0.25, 0.3) is 0 Å². The van der Waals surface area contributed by atoms with Crippen LogP contribution in [-0.2, 0) is 23.1 Å². The van der Waals surface area contributed by atoms with Crippen molar-refractivity contribution in [1.29, 1.82) is 0 Å². The molecule has 2 unspecified atom stereocenters. The van der Waals surface area contributed by atoms with Crippen LogP contribution in [0.2, 0.25) is 0 Å². The molecule has 1 aromatic heterocycles.